The Morgan fingerprint density at radius 2 is 2.23 bits per heavy atom. The van der Waals surface area contributed by atoms with Gasteiger partial charge >= 0.3 is 0 Å². The van der Waals surface area contributed by atoms with Crippen LogP contribution in [0.25, 0.3) is 0 Å². The smallest absolute Gasteiger partial charge is 0.284 e. The summed E-state index contributed by atoms with van der Waals surface area (Å²) in [6, 6.07) is 1.75. The van der Waals surface area contributed by atoms with E-state index in [-0.39, 0.29) is 11.9 Å². The number of nitrogens with two attached hydrogens (primary N) is 1. The summed E-state index contributed by atoms with van der Waals surface area (Å²) in [6.07, 6.45) is 2.51. The SMILES string of the molecule is CN1CCc2c(nc(C(N)=O)n2C)C1c1ccnc(Br)c1Cl. The van der Waals surface area contributed by atoms with Crippen LogP contribution in [0, 0.1) is 0 Å². The first-order chi connectivity index (χ1) is 10.4. The Hall–Kier alpha value is -1.44. The summed E-state index contributed by atoms with van der Waals surface area (Å²) in [5.74, 6) is -0.255. The van der Waals surface area contributed by atoms with E-state index in [2.05, 4.69) is 30.8 Å². The number of primary amides is 1. The van der Waals surface area contributed by atoms with Crippen LogP contribution in [0.2, 0.25) is 5.02 Å². The minimum Gasteiger partial charge on any atom is -0.363 e. The molecule has 6 nitrogen and oxygen atoms in total. The standard InChI is InChI=1S/C14H15BrClN5O/c1-20-6-4-8-10(19-14(13(17)22)21(8)2)11(20)7-3-5-18-12(15)9(7)16/h3,5,11H,4,6H2,1-2H3,(H2,17,22). The van der Waals surface area contributed by atoms with Crippen LogP contribution in [-0.4, -0.2) is 38.9 Å². The highest BCUT2D eigenvalue weighted by atomic mass is 79.9. The van der Waals surface area contributed by atoms with Crippen molar-refractivity contribution in [2.75, 3.05) is 13.6 Å². The molecule has 1 aliphatic heterocycles. The number of pyridine rings is 1. The lowest BCUT2D eigenvalue weighted by Crippen LogP contribution is -2.33. The number of likely N-dealkylation sites (N-methyl/N-ethyl adjacent to an activating group) is 1. The molecule has 8 heteroatoms. The lowest BCUT2D eigenvalue weighted by molar-refractivity contribution is 0.0987. The number of amides is 1. The van der Waals surface area contributed by atoms with Crippen LogP contribution in [0.3, 0.4) is 0 Å². The second-order valence-corrected chi connectivity index (χ2v) is 6.46. The zero-order chi connectivity index (χ0) is 16.0. The fourth-order valence-electron chi connectivity index (χ4n) is 2.94. The Balaban J connectivity index is 2.20. The number of carbonyl (C=O) groups excluding carboxylic acids is 1. The summed E-state index contributed by atoms with van der Waals surface area (Å²) in [6.45, 7) is 0.839. The van der Waals surface area contributed by atoms with Crippen LogP contribution in [0.1, 0.15) is 33.6 Å². The molecular weight excluding hydrogens is 370 g/mol. The van der Waals surface area contributed by atoms with Gasteiger partial charge in [0.25, 0.3) is 5.91 Å². The first kappa shape index (κ1) is 15.5. The second-order valence-electron chi connectivity index (χ2n) is 5.33. The normalized spacial score (nSPS) is 18.3. The maximum absolute atomic E-state index is 11.6. The number of hydrogen-bond acceptors (Lipinski definition) is 4. The molecule has 0 fully saturated rings. The zero-order valence-corrected chi connectivity index (χ0v) is 14.5. The molecule has 1 unspecified atom stereocenters. The van der Waals surface area contributed by atoms with Crippen molar-refractivity contribution in [3.05, 3.63) is 44.7 Å². The minimum absolute atomic E-state index is 0.130. The number of fused-ring (bicyclic) bond motifs is 1. The largest absolute Gasteiger partial charge is 0.363 e. The van der Waals surface area contributed by atoms with Gasteiger partial charge in [-0.2, -0.15) is 0 Å². The van der Waals surface area contributed by atoms with E-state index in [0.29, 0.717) is 9.63 Å². The molecule has 2 aromatic rings. The summed E-state index contributed by atoms with van der Waals surface area (Å²) in [5, 5.41) is 0.554. The van der Waals surface area contributed by atoms with Gasteiger partial charge in [-0.1, -0.05) is 11.6 Å². The van der Waals surface area contributed by atoms with Gasteiger partial charge in [-0.3, -0.25) is 9.69 Å². The van der Waals surface area contributed by atoms with Crippen LogP contribution in [0.5, 0.6) is 0 Å². The maximum atomic E-state index is 11.6. The zero-order valence-electron chi connectivity index (χ0n) is 12.2. The van der Waals surface area contributed by atoms with Gasteiger partial charge in [0.2, 0.25) is 0 Å². The second kappa shape index (κ2) is 5.64. The molecule has 3 heterocycles. The van der Waals surface area contributed by atoms with Crippen molar-refractivity contribution >= 4 is 33.4 Å². The fourth-order valence-corrected chi connectivity index (χ4v) is 3.50. The van der Waals surface area contributed by atoms with Crippen LogP contribution in [-0.2, 0) is 13.5 Å². The number of hydrogen-bond donors (Lipinski definition) is 1. The lowest BCUT2D eigenvalue weighted by atomic mass is 9.97. The van der Waals surface area contributed by atoms with E-state index in [4.69, 9.17) is 17.3 Å². The van der Waals surface area contributed by atoms with Crippen molar-refractivity contribution in [1.29, 1.82) is 0 Å². The first-order valence-corrected chi connectivity index (χ1v) is 7.94. The van der Waals surface area contributed by atoms with Crippen molar-refractivity contribution in [2.24, 2.45) is 12.8 Å². The van der Waals surface area contributed by atoms with Gasteiger partial charge in [0.15, 0.2) is 5.82 Å². The summed E-state index contributed by atoms with van der Waals surface area (Å²) in [7, 11) is 3.83. The molecule has 116 valence electrons. The minimum atomic E-state index is -0.527. The van der Waals surface area contributed by atoms with Crippen molar-refractivity contribution in [3.8, 4) is 0 Å². The third-order valence-electron chi connectivity index (χ3n) is 4.04. The van der Waals surface area contributed by atoms with Crippen LogP contribution < -0.4 is 5.73 Å². The highest BCUT2D eigenvalue weighted by Gasteiger charge is 2.33. The summed E-state index contributed by atoms with van der Waals surface area (Å²) in [4.78, 5) is 22.3. The Morgan fingerprint density at radius 1 is 1.50 bits per heavy atom. The Labute approximate surface area is 141 Å². The van der Waals surface area contributed by atoms with Gasteiger partial charge in [-0.25, -0.2) is 9.97 Å². The third kappa shape index (κ3) is 2.33. The van der Waals surface area contributed by atoms with E-state index >= 15 is 0 Å². The molecule has 0 saturated carbocycles. The molecule has 1 amide bonds. The number of rotatable bonds is 2. The first-order valence-electron chi connectivity index (χ1n) is 6.77. The Kier molecular flexibility index (Phi) is 3.96. The molecule has 1 atom stereocenters. The van der Waals surface area contributed by atoms with Crippen molar-refractivity contribution in [3.63, 3.8) is 0 Å². The van der Waals surface area contributed by atoms with Gasteiger partial charge in [0, 0.05) is 31.9 Å². The average molecular weight is 385 g/mol. The average Bonchev–Trinajstić information content (AvgIpc) is 2.80. The van der Waals surface area contributed by atoms with E-state index in [1.165, 1.54) is 0 Å². The lowest BCUT2D eigenvalue weighted by Gasteiger charge is -2.32. The van der Waals surface area contributed by atoms with E-state index in [0.717, 1.165) is 29.9 Å². The predicted molar refractivity (Wildman–Crippen MR) is 86.8 cm³/mol. The molecule has 0 spiro atoms. The van der Waals surface area contributed by atoms with Gasteiger partial charge in [-0.15, -0.1) is 0 Å². The number of imidazole rings is 1. The molecule has 0 radical (unpaired) electrons. The highest BCUT2D eigenvalue weighted by Crippen LogP contribution is 2.38. The van der Waals surface area contributed by atoms with Gasteiger partial charge in [-0.05, 0) is 34.6 Å². The number of carbonyl (C=O) groups is 1. The quantitative estimate of drug-likeness (QED) is 0.802. The van der Waals surface area contributed by atoms with Crippen LogP contribution in [0.4, 0.5) is 0 Å². The van der Waals surface area contributed by atoms with E-state index < -0.39 is 5.91 Å². The fraction of sp³-hybridized carbons (Fsp3) is 0.357. The number of aromatic nitrogens is 3. The number of nitrogens with zero attached hydrogens (tertiary/aromatic N) is 4. The highest BCUT2D eigenvalue weighted by molar-refractivity contribution is 9.10. The van der Waals surface area contributed by atoms with E-state index in [1.54, 1.807) is 10.8 Å². The van der Waals surface area contributed by atoms with E-state index in [1.807, 2.05) is 20.2 Å². The molecule has 0 aliphatic carbocycles. The molecule has 0 saturated heterocycles. The Morgan fingerprint density at radius 3 is 2.91 bits per heavy atom. The third-order valence-corrected chi connectivity index (χ3v) is 5.26. The Bertz CT molecular complexity index is 760. The van der Waals surface area contributed by atoms with Gasteiger partial charge in [0.1, 0.15) is 4.60 Å². The summed E-state index contributed by atoms with van der Waals surface area (Å²) in [5.41, 5.74) is 8.16. The van der Waals surface area contributed by atoms with Crippen LogP contribution in [0.15, 0.2) is 16.9 Å². The molecule has 1 aliphatic rings. The topological polar surface area (TPSA) is 77.0 Å². The molecule has 2 aromatic heterocycles. The monoisotopic (exact) mass is 383 g/mol. The number of halogens is 2. The summed E-state index contributed by atoms with van der Waals surface area (Å²) < 4.78 is 2.38. The van der Waals surface area contributed by atoms with Gasteiger partial charge in [0.05, 0.1) is 16.8 Å². The predicted octanol–water partition coefficient (Wildman–Crippen LogP) is 1.91. The molecule has 2 N–H and O–H groups in total. The van der Waals surface area contributed by atoms with Crippen molar-refractivity contribution in [1.82, 2.24) is 19.4 Å². The van der Waals surface area contributed by atoms with Gasteiger partial charge < -0.3 is 10.3 Å². The summed E-state index contributed by atoms with van der Waals surface area (Å²) >= 11 is 9.76. The molecule has 0 bridgehead atoms. The van der Waals surface area contributed by atoms with Crippen molar-refractivity contribution in [2.45, 2.75) is 12.5 Å². The maximum Gasteiger partial charge on any atom is 0.284 e. The molecule has 3 rings (SSSR count). The van der Waals surface area contributed by atoms with Crippen LogP contribution >= 0.6 is 27.5 Å². The molecule has 0 aromatic carbocycles. The van der Waals surface area contributed by atoms with Crippen molar-refractivity contribution < 1.29 is 4.79 Å². The molecular formula is C14H15BrClN5O. The van der Waals surface area contributed by atoms with E-state index in [9.17, 15) is 4.79 Å². The molecule has 22 heavy (non-hydrogen) atoms.